The summed E-state index contributed by atoms with van der Waals surface area (Å²) in [4.78, 5) is 10.4. The van der Waals surface area contributed by atoms with Crippen LogP contribution in [-0.2, 0) is 10.1 Å². The number of rotatable bonds is 4. The Labute approximate surface area is 113 Å². The van der Waals surface area contributed by atoms with E-state index in [2.05, 4.69) is 5.32 Å². The van der Waals surface area contributed by atoms with Crippen LogP contribution in [0.15, 0.2) is 34.9 Å². The summed E-state index contributed by atoms with van der Waals surface area (Å²) < 4.78 is 30.7. The van der Waals surface area contributed by atoms with Gasteiger partial charge in [0.05, 0.1) is 16.1 Å². The van der Waals surface area contributed by atoms with Gasteiger partial charge in [0, 0.05) is 6.20 Å². The van der Waals surface area contributed by atoms with Crippen molar-refractivity contribution in [3.05, 3.63) is 35.5 Å². The molecule has 0 fully saturated rings. The van der Waals surface area contributed by atoms with Gasteiger partial charge in [-0.3, -0.25) is 4.55 Å². The number of carbonyl (C=O) groups is 1. The first-order chi connectivity index (χ1) is 9.29. The van der Waals surface area contributed by atoms with E-state index >= 15 is 0 Å². The van der Waals surface area contributed by atoms with Crippen molar-refractivity contribution in [1.82, 2.24) is 0 Å². The first-order valence-electron chi connectivity index (χ1n) is 4.91. The molecular weight excluding hydrogens is 286 g/mol. The zero-order chi connectivity index (χ0) is 15.3. The van der Waals surface area contributed by atoms with Gasteiger partial charge >= 0.3 is 5.97 Å². The third-order valence-electron chi connectivity index (χ3n) is 2.13. The average Bonchev–Trinajstić information content (AvgIpc) is 2.38. The number of benzene rings is 1. The molecule has 9 heteroatoms. The fourth-order valence-electron chi connectivity index (χ4n) is 1.23. The Bertz CT molecular complexity index is 752. The van der Waals surface area contributed by atoms with E-state index in [4.69, 9.17) is 20.2 Å². The maximum atomic E-state index is 11.0. The molecule has 0 saturated carbocycles. The van der Waals surface area contributed by atoms with Crippen LogP contribution in [0.25, 0.3) is 0 Å². The quantitative estimate of drug-likeness (QED) is 0.548. The van der Waals surface area contributed by atoms with Crippen molar-refractivity contribution in [3.63, 3.8) is 0 Å². The zero-order valence-electron chi connectivity index (χ0n) is 9.73. The molecule has 8 nitrogen and oxygen atoms in total. The van der Waals surface area contributed by atoms with Crippen LogP contribution in [-0.4, -0.2) is 24.0 Å². The van der Waals surface area contributed by atoms with E-state index in [1.807, 2.05) is 0 Å². The molecule has 0 aliphatic carbocycles. The van der Waals surface area contributed by atoms with E-state index in [0.717, 1.165) is 24.4 Å². The Kier molecular flexibility index (Phi) is 4.43. The Hall–Kier alpha value is -2.88. The van der Waals surface area contributed by atoms with Crippen molar-refractivity contribution in [1.29, 1.82) is 10.5 Å². The summed E-state index contributed by atoms with van der Waals surface area (Å²) in [5, 5.41) is 28.4. The minimum absolute atomic E-state index is 0.0344. The minimum atomic E-state index is -4.53. The van der Waals surface area contributed by atoms with Gasteiger partial charge in [-0.1, -0.05) is 0 Å². The molecule has 0 saturated heterocycles. The van der Waals surface area contributed by atoms with Gasteiger partial charge in [0.25, 0.3) is 10.1 Å². The molecule has 0 heterocycles. The molecule has 1 rings (SSSR count). The number of anilines is 1. The number of hydrogen-bond acceptors (Lipinski definition) is 6. The lowest BCUT2D eigenvalue weighted by atomic mass is 10.2. The van der Waals surface area contributed by atoms with Crippen molar-refractivity contribution in [2.75, 3.05) is 5.32 Å². The van der Waals surface area contributed by atoms with Crippen molar-refractivity contribution in [3.8, 4) is 12.1 Å². The normalized spacial score (nSPS) is 9.95. The van der Waals surface area contributed by atoms with Crippen LogP contribution in [0, 0.1) is 22.7 Å². The zero-order valence-corrected chi connectivity index (χ0v) is 10.5. The van der Waals surface area contributed by atoms with E-state index in [0.29, 0.717) is 0 Å². The van der Waals surface area contributed by atoms with Crippen molar-refractivity contribution in [2.24, 2.45) is 0 Å². The molecule has 20 heavy (non-hydrogen) atoms. The highest BCUT2D eigenvalue weighted by molar-refractivity contribution is 7.85. The monoisotopic (exact) mass is 293 g/mol. The van der Waals surface area contributed by atoms with Crippen LogP contribution in [0.3, 0.4) is 0 Å². The Morgan fingerprint density at radius 1 is 1.30 bits per heavy atom. The van der Waals surface area contributed by atoms with Gasteiger partial charge in [-0.05, 0) is 18.2 Å². The SMILES string of the molecule is N#CC(C#N)=CNc1ccc(S(=O)(=O)O)cc1C(=O)O. The maximum Gasteiger partial charge on any atom is 0.337 e. The maximum absolute atomic E-state index is 11.0. The summed E-state index contributed by atoms with van der Waals surface area (Å²) in [6, 6.07) is 5.95. The molecule has 0 unspecified atom stereocenters. The highest BCUT2D eigenvalue weighted by Gasteiger charge is 2.16. The predicted octanol–water partition coefficient (Wildman–Crippen LogP) is 0.974. The molecule has 0 amide bonds. The second-order valence-electron chi connectivity index (χ2n) is 3.41. The third-order valence-corrected chi connectivity index (χ3v) is 2.98. The average molecular weight is 293 g/mol. The van der Waals surface area contributed by atoms with E-state index in [9.17, 15) is 13.2 Å². The molecule has 0 radical (unpaired) electrons. The molecule has 0 atom stereocenters. The van der Waals surface area contributed by atoms with Crippen LogP contribution in [0.4, 0.5) is 5.69 Å². The molecule has 0 aromatic heterocycles. The fraction of sp³-hybridized carbons (Fsp3) is 0. The van der Waals surface area contributed by atoms with Crippen LogP contribution in [0.5, 0.6) is 0 Å². The highest BCUT2D eigenvalue weighted by Crippen LogP contribution is 2.21. The summed E-state index contributed by atoms with van der Waals surface area (Å²) >= 11 is 0. The van der Waals surface area contributed by atoms with Crippen LogP contribution in [0.1, 0.15) is 10.4 Å². The first kappa shape index (κ1) is 15.2. The first-order valence-corrected chi connectivity index (χ1v) is 6.35. The molecule has 0 aliphatic rings. The van der Waals surface area contributed by atoms with Crippen LogP contribution in [0.2, 0.25) is 0 Å². The molecule has 1 aromatic carbocycles. The number of nitrogens with one attached hydrogen (secondary N) is 1. The number of allylic oxidation sites excluding steroid dienone is 1. The third kappa shape index (κ3) is 3.55. The molecule has 0 spiro atoms. The number of nitrogens with zero attached hydrogens (tertiary/aromatic N) is 2. The van der Waals surface area contributed by atoms with Gasteiger partial charge in [-0.15, -0.1) is 0 Å². The van der Waals surface area contributed by atoms with E-state index in [-0.39, 0.29) is 11.3 Å². The Morgan fingerprint density at radius 3 is 2.35 bits per heavy atom. The molecule has 0 bridgehead atoms. The van der Waals surface area contributed by atoms with Crippen molar-refractivity contribution in [2.45, 2.75) is 4.90 Å². The van der Waals surface area contributed by atoms with Gasteiger partial charge in [-0.25, -0.2) is 4.79 Å². The lowest BCUT2D eigenvalue weighted by molar-refractivity contribution is 0.0697. The molecule has 102 valence electrons. The number of hydrogen-bond donors (Lipinski definition) is 3. The predicted molar refractivity (Wildman–Crippen MR) is 66.1 cm³/mol. The van der Waals surface area contributed by atoms with Gasteiger partial charge in [0.2, 0.25) is 0 Å². The summed E-state index contributed by atoms with van der Waals surface area (Å²) in [7, 11) is -4.53. The van der Waals surface area contributed by atoms with E-state index in [1.165, 1.54) is 0 Å². The number of carboxylic acid groups (broad SMARTS) is 1. The van der Waals surface area contributed by atoms with E-state index in [1.54, 1.807) is 12.1 Å². The number of aromatic carboxylic acids is 1. The Morgan fingerprint density at radius 2 is 1.90 bits per heavy atom. The summed E-state index contributed by atoms with van der Waals surface area (Å²) in [6.45, 7) is 0. The van der Waals surface area contributed by atoms with Gasteiger partial charge in [-0.2, -0.15) is 18.9 Å². The van der Waals surface area contributed by atoms with Crippen LogP contribution < -0.4 is 5.32 Å². The second kappa shape index (κ2) is 5.84. The smallest absolute Gasteiger partial charge is 0.337 e. The van der Waals surface area contributed by atoms with Gasteiger partial charge in [0.15, 0.2) is 0 Å². The second-order valence-corrected chi connectivity index (χ2v) is 4.84. The van der Waals surface area contributed by atoms with Crippen LogP contribution >= 0.6 is 0 Å². The molecular formula is C11H7N3O5S. The van der Waals surface area contributed by atoms with E-state index < -0.39 is 26.5 Å². The summed E-state index contributed by atoms with van der Waals surface area (Å²) in [6.07, 6.45) is 0.981. The number of carboxylic acids is 1. The largest absolute Gasteiger partial charge is 0.478 e. The van der Waals surface area contributed by atoms with Crippen molar-refractivity contribution < 1.29 is 22.9 Å². The van der Waals surface area contributed by atoms with Gasteiger partial charge < -0.3 is 10.4 Å². The minimum Gasteiger partial charge on any atom is -0.478 e. The lowest BCUT2D eigenvalue weighted by Crippen LogP contribution is -2.06. The number of nitriles is 2. The summed E-state index contributed by atoms with van der Waals surface area (Å²) in [5.41, 5.74) is -0.764. The van der Waals surface area contributed by atoms with Crippen molar-refractivity contribution >= 4 is 21.8 Å². The Balaban J connectivity index is 3.30. The molecule has 0 aliphatic heterocycles. The van der Waals surface area contributed by atoms with Gasteiger partial charge in [0.1, 0.15) is 17.7 Å². The fourth-order valence-corrected chi connectivity index (χ4v) is 1.73. The summed E-state index contributed by atoms with van der Waals surface area (Å²) in [5.74, 6) is -1.44. The lowest BCUT2D eigenvalue weighted by Gasteiger charge is -2.07. The molecule has 1 aromatic rings. The highest BCUT2D eigenvalue weighted by atomic mass is 32.2. The standard InChI is InChI=1S/C11H7N3O5S/c12-4-7(5-13)6-14-10-2-1-8(20(17,18)19)3-9(10)11(15)16/h1-3,6,14H,(H,15,16)(H,17,18,19). The topological polar surface area (TPSA) is 151 Å². The molecule has 3 N–H and O–H groups in total.